The van der Waals surface area contributed by atoms with Crippen molar-refractivity contribution in [3.05, 3.63) is 142 Å². The molecule has 0 spiro atoms. The number of carbonyl (C=O) groups is 2. The highest BCUT2D eigenvalue weighted by atomic mass is 32.2. The van der Waals surface area contributed by atoms with Gasteiger partial charge in [0.05, 0.1) is 23.6 Å². The average molecular weight is 693 g/mol. The molecule has 4 aromatic rings. The fourth-order valence-electron chi connectivity index (χ4n) is 4.75. The van der Waals surface area contributed by atoms with Crippen LogP contribution in [0.1, 0.15) is 37.5 Å². The molecule has 0 saturated heterocycles. The minimum Gasteiger partial charge on any atom is -0.480 e. The maximum Gasteiger partial charge on any atom is 0.459 e. The second kappa shape index (κ2) is 16.2. The summed E-state index contributed by atoms with van der Waals surface area (Å²) in [6.45, 7) is 4.65. The Bertz CT molecular complexity index is 1630. The quantitative estimate of drug-likeness (QED) is 0.0373. The Hall–Kier alpha value is -4.32. The molecule has 13 heteroatoms. The van der Waals surface area contributed by atoms with E-state index >= 15 is 0 Å². The summed E-state index contributed by atoms with van der Waals surface area (Å²) in [4.78, 5) is 35.4. The summed E-state index contributed by atoms with van der Waals surface area (Å²) < 4.78 is 31.3. The molecule has 48 heavy (non-hydrogen) atoms. The van der Waals surface area contributed by atoms with Crippen molar-refractivity contribution in [2.75, 3.05) is 19.0 Å². The smallest absolute Gasteiger partial charge is 0.459 e. The zero-order valence-electron chi connectivity index (χ0n) is 26.7. The molecule has 0 aliphatic heterocycles. The second-order valence-corrected chi connectivity index (χ2v) is 14.2. The molecule has 0 aliphatic rings. The number of carbonyl (C=O) groups excluding carboxylic acids is 1. The van der Waals surface area contributed by atoms with E-state index < -0.39 is 35.7 Å². The summed E-state index contributed by atoms with van der Waals surface area (Å²) in [7, 11) is -4.28. The Balaban J connectivity index is 1.47. The Morgan fingerprint density at radius 2 is 1.35 bits per heavy atom. The maximum absolute atomic E-state index is 13.5. The van der Waals surface area contributed by atoms with E-state index in [0.29, 0.717) is 0 Å². The number of nitrogens with zero attached hydrogens (tertiary/aromatic N) is 1. The maximum atomic E-state index is 13.5. The number of carboxylic acid groups (broad SMARTS) is 1. The van der Waals surface area contributed by atoms with Gasteiger partial charge in [0.15, 0.2) is 5.12 Å². The Morgan fingerprint density at radius 3 is 1.79 bits per heavy atom. The number of hydrogen-bond acceptors (Lipinski definition) is 9. The lowest BCUT2D eigenvalue weighted by Crippen LogP contribution is -2.38. The molecule has 0 aromatic heterocycles. The monoisotopic (exact) mass is 692 g/mol. The summed E-state index contributed by atoms with van der Waals surface area (Å²) in [5.74, 6) is -1.26. The van der Waals surface area contributed by atoms with Crippen molar-refractivity contribution in [1.82, 2.24) is 5.09 Å². The molecule has 0 aliphatic carbocycles. The molecule has 0 saturated carbocycles. The molecule has 0 bridgehead atoms. The number of carboxylic acids is 1. The summed E-state index contributed by atoms with van der Waals surface area (Å²) >= 11 is 0.959. The average Bonchev–Trinajstić information content (AvgIpc) is 3.08. The first kappa shape index (κ1) is 36.5. The molecule has 252 valence electrons. The number of nitrogens with one attached hydrogen (secondary N) is 1. The zero-order valence-corrected chi connectivity index (χ0v) is 28.4. The van der Waals surface area contributed by atoms with E-state index in [0.717, 1.165) is 40.6 Å². The van der Waals surface area contributed by atoms with E-state index in [1.165, 1.54) is 19.1 Å². The highest BCUT2D eigenvalue weighted by Gasteiger charge is 2.41. The highest BCUT2D eigenvalue weighted by Crippen LogP contribution is 2.46. The van der Waals surface area contributed by atoms with Gasteiger partial charge in [-0.25, -0.2) is 4.57 Å². The SMILES string of the molecule is C[C@H](NP(=O)(OCCSC(=O)C(C)(C)COC(c1ccccc1)(c1ccccc1)c1ccccc1)Oc1ccc([N+](=O)[O-])cc1)C(=O)O. The summed E-state index contributed by atoms with van der Waals surface area (Å²) in [5, 5.41) is 22.5. The number of thioether (sulfide) groups is 1. The highest BCUT2D eigenvalue weighted by molar-refractivity contribution is 8.13. The molecule has 1 unspecified atom stereocenters. The van der Waals surface area contributed by atoms with E-state index in [2.05, 4.69) is 5.09 Å². The van der Waals surface area contributed by atoms with Gasteiger partial charge in [-0.1, -0.05) is 103 Å². The molecule has 2 atom stereocenters. The van der Waals surface area contributed by atoms with Gasteiger partial charge in [-0.3, -0.25) is 24.2 Å². The molecule has 2 N–H and O–H groups in total. The molecule has 4 aromatic carbocycles. The zero-order chi connectivity index (χ0) is 34.8. The van der Waals surface area contributed by atoms with Crippen molar-refractivity contribution < 1.29 is 38.0 Å². The van der Waals surface area contributed by atoms with Gasteiger partial charge < -0.3 is 14.4 Å². The minimum atomic E-state index is -4.28. The van der Waals surface area contributed by atoms with E-state index in [-0.39, 0.29) is 35.5 Å². The summed E-state index contributed by atoms with van der Waals surface area (Å²) in [6.07, 6.45) is 0. The summed E-state index contributed by atoms with van der Waals surface area (Å²) in [6, 6.07) is 32.9. The van der Waals surface area contributed by atoms with Crippen LogP contribution in [0.3, 0.4) is 0 Å². The third kappa shape index (κ3) is 9.18. The predicted octanol–water partition coefficient (Wildman–Crippen LogP) is 7.46. The molecule has 4 rings (SSSR count). The minimum absolute atomic E-state index is 0.0326. The lowest BCUT2D eigenvalue weighted by molar-refractivity contribution is -0.384. The normalized spacial score (nSPS) is 13.6. The van der Waals surface area contributed by atoms with Crippen molar-refractivity contribution in [1.29, 1.82) is 0 Å². The van der Waals surface area contributed by atoms with Crippen LogP contribution in [-0.4, -0.2) is 46.1 Å². The molecule has 0 fully saturated rings. The van der Waals surface area contributed by atoms with Crippen molar-refractivity contribution in [3.8, 4) is 5.75 Å². The van der Waals surface area contributed by atoms with Gasteiger partial charge in [0.2, 0.25) is 0 Å². The number of non-ortho nitro benzene ring substituents is 1. The number of nitro benzene ring substituents is 1. The molecule has 0 amide bonds. The van der Waals surface area contributed by atoms with Crippen LogP contribution in [-0.2, 0) is 29.0 Å². The van der Waals surface area contributed by atoms with Crippen LogP contribution in [0.15, 0.2) is 115 Å². The number of aliphatic carboxylic acids is 1. The van der Waals surface area contributed by atoms with Crippen molar-refractivity contribution in [3.63, 3.8) is 0 Å². The third-order valence-corrected chi connectivity index (χ3v) is 10.2. The predicted molar refractivity (Wildman–Crippen MR) is 184 cm³/mol. The van der Waals surface area contributed by atoms with Crippen LogP contribution in [0, 0.1) is 15.5 Å². The van der Waals surface area contributed by atoms with Gasteiger partial charge >= 0.3 is 13.7 Å². The topological polar surface area (TPSA) is 154 Å². The molecular formula is C35H37N2O9PS. The van der Waals surface area contributed by atoms with Crippen LogP contribution in [0.5, 0.6) is 5.75 Å². The van der Waals surface area contributed by atoms with Gasteiger partial charge in [0.1, 0.15) is 17.4 Å². The first-order chi connectivity index (χ1) is 22.9. The van der Waals surface area contributed by atoms with Crippen molar-refractivity contribution in [2.24, 2.45) is 5.41 Å². The van der Waals surface area contributed by atoms with E-state index in [9.17, 15) is 29.4 Å². The fraction of sp³-hybridized carbons (Fsp3) is 0.257. The fourth-order valence-corrected chi connectivity index (χ4v) is 7.17. The van der Waals surface area contributed by atoms with Crippen LogP contribution >= 0.6 is 19.5 Å². The van der Waals surface area contributed by atoms with Crippen LogP contribution in [0.25, 0.3) is 0 Å². The van der Waals surface area contributed by atoms with Crippen molar-refractivity contribution in [2.45, 2.75) is 32.4 Å². The first-order valence-corrected chi connectivity index (χ1v) is 17.6. The number of nitro groups is 1. The van der Waals surface area contributed by atoms with Gasteiger partial charge in [-0.15, -0.1) is 0 Å². The lowest BCUT2D eigenvalue weighted by atomic mass is 9.79. The van der Waals surface area contributed by atoms with Crippen molar-refractivity contribution >= 4 is 36.3 Å². The van der Waals surface area contributed by atoms with Gasteiger partial charge in [0.25, 0.3) is 5.69 Å². The van der Waals surface area contributed by atoms with E-state index in [4.69, 9.17) is 13.8 Å². The number of hydrogen-bond donors (Lipinski definition) is 2. The van der Waals surface area contributed by atoms with Gasteiger partial charge in [-0.2, -0.15) is 5.09 Å². The van der Waals surface area contributed by atoms with Crippen LogP contribution in [0.2, 0.25) is 0 Å². The Morgan fingerprint density at radius 1 is 0.875 bits per heavy atom. The number of benzene rings is 4. The Labute approximate surface area is 283 Å². The standard InChI is InChI=1S/C35H37N2O9PS/c1-26(32(38)39)36-47(43,46-31-21-19-30(20-22-31)37(41)42)45-23-24-48-33(40)34(2,3)25-44-35(27-13-7-4-8-14-27,28-15-9-5-10-16-28)29-17-11-6-12-18-29/h4-22,26H,23-25H2,1-3H3,(H,36,43)(H,38,39)/t26-,47?/m0/s1. The van der Waals surface area contributed by atoms with E-state index in [1.807, 2.05) is 91.0 Å². The van der Waals surface area contributed by atoms with Gasteiger partial charge in [0, 0.05) is 17.9 Å². The number of ether oxygens (including phenoxy) is 1. The van der Waals surface area contributed by atoms with E-state index in [1.54, 1.807) is 13.8 Å². The lowest BCUT2D eigenvalue weighted by Gasteiger charge is -2.38. The van der Waals surface area contributed by atoms with Gasteiger partial charge in [-0.05, 0) is 49.6 Å². The second-order valence-electron chi connectivity index (χ2n) is 11.4. The van der Waals surface area contributed by atoms with Crippen LogP contribution in [0.4, 0.5) is 5.69 Å². The molecule has 0 radical (unpaired) electrons. The molecule has 0 heterocycles. The molecule has 11 nitrogen and oxygen atoms in total. The molecular weight excluding hydrogens is 655 g/mol. The van der Waals surface area contributed by atoms with Crippen LogP contribution < -0.4 is 9.61 Å². The largest absolute Gasteiger partial charge is 0.480 e. The Kier molecular flexibility index (Phi) is 12.3. The number of rotatable bonds is 17. The first-order valence-electron chi connectivity index (χ1n) is 15.0. The third-order valence-electron chi connectivity index (χ3n) is 7.32. The summed E-state index contributed by atoms with van der Waals surface area (Å²) in [5.41, 5.74) is 0.517.